The van der Waals surface area contributed by atoms with Crippen molar-refractivity contribution in [1.29, 1.82) is 0 Å². The lowest BCUT2D eigenvalue weighted by molar-refractivity contribution is -0.120. The fraction of sp³-hybridized carbons (Fsp3) is 0.385. The van der Waals surface area contributed by atoms with Gasteiger partial charge in [-0.15, -0.1) is 0 Å². The lowest BCUT2D eigenvalue weighted by Gasteiger charge is -2.08. The molecule has 0 saturated carbocycles. The van der Waals surface area contributed by atoms with Crippen LogP contribution in [0.3, 0.4) is 0 Å². The van der Waals surface area contributed by atoms with Crippen LogP contribution in [-0.4, -0.2) is 25.3 Å². The number of ketones is 1. The highest BCUT2D eigenvalue weighted by Crippen LogP contribution is 2.24. The van der Waals surface area contributed by atoms with Crippen LogP contribution in [0.1, 0.15) is 30.1 Å². The van der Waals surface area contributed by atoms with Gasteiger partial charge in [-0.05, 0) is 25.1 Å². The van der Waals surface area contributed by atoms with Gasteiger partial charge in [-0.1, -0.05) is 11.6 Å². The number of benzene rings is 1. The molecule has 1 amide bonds. The van der Waals surface area contributed by atoms with Gasteiger partial charge in [-0.2, -0.15) is 0 Å². The predicted molar refractivity (Wildman–Crippen MR) is 70.3 cm³/mol. The van der Waals surface area contributed by atoms with Crippen LogP contribution >= 0.6 is 11.6 Å². The number of halogens is 1. The molecule has 0 aliphatic rings. The van der Waals surface area contributed by atoms with Gasteiger partial charge in [0, 0.05) is 24.4 Å². The Labute approximate surface area is 111 Å². The summed E-state index contributed by atoms with van der Waals surface area (Å²) in [4.78, 5) is 23.2. The van der Waals surface area contributed by atoms with Crippen molar-refractivity contribution in [3.63, 3.8) is 0 Å². The fourth-order valence-corrected chi connectivity index (χ4v) is 1.72. The first-order valence-corrected chi connectivity index (χ1v) is 6.09. The molecule has 0 aliphatic heterocycles. The average Bonchev–Trinajstić information content (AvgIpc) is 2.36. The Morgan fingerprint density at radius 1 is 1.33 bits per heavy atom. The zero-order chi connectivity index (χ0) is 13.5. The molecule has 0 heterocycles. The molecule has 0 spiro atoms. The van der Waals surface area contributed by atoms with Gasteiger partial charge in [0.25, 0.3) is 0 Å². The summed E-state index contributed by atoms with van der Waals surface area (Å²) in [5.74, 6) is 0.188. The third kappa shape index (κ3) is 4.04. The Balaban J connectivity index is 2.71. The molecule has 0 atom stereocenters. The van der Waals surface area contributed by atoms with Crippen LogP contribution in [0.25, 0.3) is 0 Å². The molecule has 0 unspecified atom stereocenters. The summed E-state index contributed by atoms with van der Waals surface area (Å²) in [6, 6.07) is 4.85. The molecule has 5 heteroatoms. The third-order valence-electron chi connectivity index (χ3n) is 2.42. The van der Waals surface area contributed by atoms with Gasteiger partial charge >= 0.3 is 0 Å². The summed E-state index contributed by atoms with van der Waals surface area (Å²) in [6.07, 6.45) is 0.310. The van der Waals surface area contributed by atoms with Gasteiger partial charge < -0.3 is 10.1 Å². The van der Waals surface area contributed by atoms with Crippen LogP contribution in [0.4, 0.5) is 0 Å². The Hall–Kier alpha value is -1.55. The maximum Gasteiger partial charge on any atom is 0.220 e. The minimum atomic E-state index is -0.152. The van der Waals surface area contributed by atoms with E-state index >= 15 is 0 Å². The molecule has 0 aliphatic carbocycles. The lowest BCUT2D eigenvalue weighted by Crippen LogP contribution is -2.23. The van der Waals surface area contributed by atoms with Crippen molar-refractivity contribution in [3.05, 3.63) is 28.8 Å². The molecule has 0 bridgehead atoms. The van der Waals surface area contributed by atoms with Gasteiger partial charge in [0.15, 0.2) is 5.78 Å². The first-order chi connectivity index (χ1) is 8.58. The van der Waals surface area contributed by atoms with E-state index in [0.29, 0.717) is 22.9 Å². The van der Waals surface area contributed by atoms with E-state index in [1.165, 1.54) is 7.11 Å². The Kier molecular flexibility index (Phi) is 5.65. The van der Waals surface area contributed by atoms with E-state index in [0.717, 1.165) is 0 Å². The molecular formula is C13H16ClNO3. The summed E-state index contributed by atoms with van der Waals surface area (Å²) in [7, 11) is 1.49. The zero-order valence-electron chi connectivity index (χ0n) is 10.5. The van der Waals surface area contributed by atoms with E-state index in [9.17, 15) is 9.59 Å². The van der Waals surface area contributed by atoms with E-state index in [1.54, 1.807) is 18.2 Å². The molecule has 0 saturated heterocycles. The van der Waals surface area contributed by atoms with E-state index in [4.69, 9.17) is 16.3 Å². The SMILES string of the molecule is CCNC(=O)CCC(=O)c1cc(Cl)ccc1OC. The van der Waals surface area contributed by atoms with Crippen molar-refractivity contribution in [3.8, 4) is 5.75 Å². The van der Waals surface area contributed by atoms with Gasteiger partial charge in [0.2, 0.25) is 5.91 Å². The molecule has 0 radical (unpaired) electrons. The second-order valence-electron chi connectivity index (χ2n) is 3.72. The molecule has 0 fully saturated rings. The number of nitrogens with one attached hydrogen (secondary N) is 1. The van der Waals surface area contributed by atoms with Gasteiger partial charge in [0.05, 0.1) is 12.7 Å². The monoisotopic (exact) mass is 269 g/mol. The first kappa shape index (κ1) is 14.5. The number of hydrogen-bond acceptors (Lipinski definition) is 3. The number of Topliss-reactive ketones (excluding diaryl/α,β-unsaturated/α-hetero) is 1. The van der Waals surface area contributed by atoms with Crippen LogP contribution in [0.5, 0.6) is 5.75 Å². The molecule has 18 heavy (non-hydrogen) atoms. The summed E-state index contributed by atoms with van der Waals surface area (Å²) in [5.41, 5.74) is 0.411. The van der Waals surface area contributed by atoms with Crippen LogP contribution < -0.4 is 10.1 Å². The van der Waals surface area contributed by atoms with E-state index in [-0.39, 0.29) is 24.5 Å². The quantitative estimate of drug-likeness (QED) is 0.807. The summed E-state index contributed by atoms with van der Waals surface area (Å²) in [6.45, 7) is 2.40. The fourth-order valence-electron chi connectivity index (χ4n) is 1.55. The molecular weight excluding hydrogens is 254 g/mol. The van der Waals surface area contributed by atoms with E-state index < -0.39 is 0 Å². The number of carbonyl (C=O) groups excluding carboxylic acids is 2. The minimum absolute atomic E-state index is 0.133. The molecule has 1 N–H and O–H groups in total. The van der Waals surface area contributed by atoms with Gasteiger partial charge in [-0.25, -0.2) is 0 Å². The minimum Gasteiger partial charge on any atom is -0.496 e. The van der Waals surface area contributed by atoms with Crippen LogP contribution in [0.2, 0.25) is 5.02 Å². The third-order valence-corrected chi connectivity index (χ3v) is 2.65. The van der Waals surface area contributed by atoms with Crippen LogP contribution in [-0.2, 0) is 4.79 Å². The summed E-state index contributed by atoms with van der Waals surface area (Å²) >= 11 is 5.84. The molecule has 1 aromatic carbocycles. The standard InChI is InChI=1S/C13H16ClNO3/c1-3-15-13(17)7-5-11(16)10-8-9(14)4-6-12(10)18-2/h4,6,8H,3,5,7H2,1-2H3,(H,15,17). The highest BCUT2D eigenvalue weighted by molar-refractivity contribution is 6.31. The Morgan fingerprint density at radius 3 is 2.67 bits per heavy atom. The highest BCUT2D eigenvalue weighted by Gasteiger charge is 2.14. The van der Waals surface area contributed by atoms with Crippen molar-refractivity contribution in [2.75, 3.05) is 13.7 Å². The van der Waals surface area contributed by atoms with Crippen molar-refractivity contribution in [2.45, 2.75) is 19.8 Å². The number of rotatable bonds is 6. The number of hydrogen-bond donors (Lipinski definition) is 1. The largest absolute Gasteiger partial charge is 0.496 e. The predicted octanol–water partition coefficient (Wildman–Crippen LogP) is 2.45. The van der Waals surface area contributed by atoms with Gasteiger partial charge in [-0.3, -0.25) is 9.59 Å². The van der Waals surface area contributed by atoms with Crippen molar-refractivity contribution in [1.82, 2.24) is 5.32 Å². The summed E-state index contributed by atoms with van der Waals surface area (Å²) < 4.78 is 5.10. The maximum atomic E-state index is 12.0. The van der Waals surface area contributed by atoms with Crippen LogP contribution in [0.15, 0.2) is 18.2 Å². The normalized spacial score (nSPS) is 9.94. The molecule has 0 aromatic heterocycles. The molecule has 98 valence electrons. The Morgan fingerprint density at radius 2 is 2.06 bits per heavy atom. The molecule has 1 aromatic rings. The second-order valence-corrected chi connectivity index (χ2v) is 4.16. The number of ether oxygens (including phenoxy) is 1. The zero-order valence-corrected chi connectivity index (χ0v) is 11.2. The molecule has 4 nitrogen and oxygen atoms in total. The van der Waals surface area contributed by atoms with E-state index in [1.807, 2.05) is 6.92 Å². The van der Waals surface area contributed by atoms with E-state index in [2.05, 4.69) is 5.32 Å². The summed E-state index contributed by atoms with van der Waals surface area (Å²) in [5, 5.41) is 3.11. The average molecular weight is 270 g/mol. The smallest absolute Gasteiger partial charge is 0.220 e. The van der Waals surface area contributed by atoms with Gasteiger partial charge in [0.1, 0.15) is 5.75 Å². The van der Waals surface area contributed by atoms with Crippen molar-refractivity contribution < 1.29 is 14.3 Å². The number of carbonyl (C=O) groups is 2. The van der Waals surface area contributed by atoms with Crippen molar-refractivity contribution in [2.24, 2.45) is 0 Å². The second kappa shape index (κ2) is 7.01. The molecule has 1 rings (SSSR count). The topological polar surface area (TPSA) is 55.4 Å². The van der Waals surface area contributed by atoms with Crippen LogP contribution in [0, 0.1) is 0 Å². The van der Waals surface area contributed by atoms with Crippen molar-refractivity contribution >= 4 is 23.3 Å². The Bertz CT molecular complexity index is 446. The maximum absolute atomic E-state index is 12.0. The number of methoxy groups -OCH3 is 1. The highest BCUT2D eigenvalue weighted by atomic mass is 35.5. The first-order valence-electron chi connectivity index (χ1n) is 5.72. The lowest BCUT2D eigenvalue weighted by atomic mass is 10.1. The number of amides is 1.